The van der Waals surface area contributed by atoms with Gasteiger partial charge in [0.25, 0.3) is 0 Å². The Morgan fingerprint density at radius 3 is 2.43 bits per heavy atom. The minimum atomic E-state index is -4.42. The summed E-state index contributed by atoms with van der Waals surface area (Å²) in [5, 5.41) is 0. The fourth-order valence-electron chi connectivity index (χ4n) is 1.64. The summed E-state index contributed by atoms with van der Waals surface area (Å²) in [6, 6.07) is 7.11. The van der Waals surface area contributed by atoms with Crippen LogP contribution in [0.4, 0.5) is 13.2 Å². The van der Waals surface area contributed by atoms with Gasteiger partial charge in [0.1, 0.15) is 0 Å². The van der Waals surface area contributed by atoms with Gasteiger partial charge in [-0.05, 0) is 23.8 Å². The summed E-state index contributed by atoms with van der Waals surface area (Å²) in [5.41, 5.74) is 5.53. The smallest absolute Gasteiger partial charge is 0.417 e. The van der Waals surface area contributed by atoms with Crippen LogP contribution < -0.4 is 15.2 Å². The number of alkyl halides is 3. The van der Waals surface area contributed by atoms with Gasteiger partial charge in [-0.2, -0.15) is 13.2 Å². The van der Waals surface area contributed by atoms with Crippen molar-refractivity contribution in [3.8, 4) is 17.4 Å². The van der Waals surface area contributed by atoms with Crippen LogP contribution in [0.3, 0.4) is 0 Å². The monoisotopic (exact) mass is 298 g/mol. The first kappa shape index (κ1) is 15.1. The SMILES string of the molecule is COc1cc(CN)ccc1Oc1ccc(C(F)(F)F)cn1. The Morgan fingerprint density at radius 1 is 1.14 bits per heavy atom. The number of pyridine rings is 1. The van der Waals surface area contributed by atoms with E-state index >= 15 is 0 Å². The van der Waals surface area contributed by atoms with Crippen LogP contribution in [-0.4, -0.2) is 12.1 Å². The van der Waals surface area contributed by atoms with Crippen LogP contribution in [0.2, 0.25) is 0 Å². The van der Waals surface area contributed by atoms with Crippen LogP contribution in [0.5, 0.6) is 17.4 Å². The molecule has 0 saturated carbocycles. The third-order valence-electron chi connectivity index (χ3n) is 2.74. The lowest BCUT2D eigenvalue weighted by atomic mass is 10.2. The van der Waals surface area contributed by atoms with Crippen molar-refractivity contribution in [1.82, 2.24) is 4.98 Å². The van der Waals surface area contributed by atoms with Crippen molar-refractivity contribution in [3.63, 3.8) is 0 Å². The highest BCUT2D eigenvalue weighted by molar-refractivity contribution is 5.44. The lowest BCUT2D eigenvalue weighted by Crippen LogP contribution is -2.05. The number of aromatic nitrogens is 1. The van der Waals surface area contributed by atoms with Crippen molar-refractivity contribution in [3.05, 3.63) is 47.7 Å². The Labute approximate surface area is 119 Å². The molecule has 4 nitrogen and oxygen atoms in total. The average Bonchev–Trinajstić information content (AvgIpc) is 2.47. The number of halogens is 3. The van der Waals surface area contributed by atoms with Crippen LogP contribution >= 0.6 is 0 Å². The Morgan fingerprint density at radius 2 is 1.90 bits per heavy atom. The number of hydrogen-bond donors (Lipinski definition) is 1. The van der Waals surface area contributed by atoms with E-state index in [1.54, 1.807) is 18.2 Å². The highest BCUT2D eigenvalue weighted by Crippen LogP contribution is 2.33. The zero-order chi connectivity index (χ0) is 15.5. The van der Waals surface area contributed by atoms with E-state index in [0.29, 0.717) is 18.0 Å². The molecule has 1 heterocycles. The van der Waals surface area contributed by atoms with Crippen LogP contribution in [0.25, 0.3) is 0 Å². The van der Waals surface area contributed by atoms with E-state index in [1.807, 2.05) is 0 Å². The Balaban J connectivity index is 2.22. The molecular weight excluding hydrogens is 285 g/mol. The van der Waals surface area contributed by atoms with Gasteiger partial charge in [0, 0.05) is 18.8 Å². The molecule has 1 aromatic heterocycles. The minimum Gasteiger partial charge on any atom is -0.493 e. The minimum absolute atomic E-state index is 0.0433. The predicted molar refractivity (Wildman–Crippen MR) is 70.2 cm³/mol. The van der Waals surface area contributed by atoms with Crippen molar-refractivity contribution in [1.29, 1.82) is 0 Å². The van der Waals surface area contributed by atoms with Gasteiger partial charge in [0.2, 0.25) is 5.88 Å². The summed E-state index contributed by atoms with van der Waals surface area (Å²) >= 11 is 0. The molecule has 0 bridgehead atoms. The summed E-state index contributed by atoms with van der Waals surface area (Å²) in [4.78, 5) is 3.64. The lowest BCUT2D eigenvalue weighted by Gasteiger charge is -2.11. The second-order valence-electron chi connectivity index (χ2n) is 4.17. The van der Waals surface area contributed by atoms with Gasteiger partial charge in [-0.15, -0.1) is 0 Å². The second kappa shape index (κ2) is 6.01. The van der Waals surface area contributed by atoms with Crippen molar-refractivity contribution in [2.24, 2.45) is 5.73 Å². The number of nitrogens with two attached hydrogens (primary N) is 1. The molecule has 0 aliphatic rings. The number of rotatable bonds is 4. The highest BCUT2D eigenvalue weighted by atomic mass is 19.4. The molecule has 0 fully saturated rings. The van der Waals surface area contributed by atoms with Gasteiger partial charge in [0.15, 0.2) is 11.5 Å². The van der Waals surface area contributed by atoms with E-state index in [9.17, 15) is 13.2 Å². The standard InChI is InChI=1S/C14H13F3N2O2/c1-20-12-6-9(7-18)2-4-11(12)21-13-5-3-10(8-19-13)14(15,16)17/h2-6,8H,7,18H2,1H3. The molecule has 7 heteroatoms. The van der Waals surface area contributed by atoms with Gasteiger partial charge >= 0.3 is 6.18 Å². The highest BCUT2D eigenvalue weighted by Gasteiger charge is 2.30. The third-order valence-corrected chi connectivity index (χ3v) is 2.74. The number of methoxy groups -OCH3 is 1. The second-order valence-corrected chi connectivity index (χ2v) is 4.17. The van der Waals surface area contributed by atoms with E-state index in [-0.39, 0.29) is 5.88 Å². The molecule has 0 amide bonds. The van der Waals surface area contributed by atoms with Gasteiger partial charge in [-0.25, -0.2) is 4.98 Å². The summed E-state index contributed by atoms with van der Waals surface area (Å²) in [6.45, 7) is 0.342. The molecule has 2 rings (SSSR count). The first-order valence-corrected chi connectivity index (χ1v) is 6.02. The third kappa shape index (κ3) is 3.63. The van der Waals surface area contributed by atoms with E-state index in [0.717, 1.165) is 23.9 Å². The molecule has 0 unspecified atom stereocenters. The molecule has 0 aliphatic carbocycles. The summed E-state index contributed by atoms with van der Waals surface area (Å²) in [5.74, 6) is 0.823. The molecule has 0 radical (unpaired) electrons. The maximum Gasteiger partial charge on any atom is 0.417 e. The largest absolute Gasteiger partial charge is 0.493 e. The lowest BCUT2D eigenvalue weighted by molar-refractivity contribution is -0.137. The van der Waals surface area contributed by atoms with Crippen LogP contribution in [0.1, 0.15) is 11.1 Å². The molecular formula is C14H13F3N2O2. The maximum atomic E-state index is 12.4. The fraction of sp³-hybridized carbons (Fsp3) is 0.214. The number of ether oxygens (including phenoxy) is 2. The zero-order valence-corrected chi connectivity index (χ0v) is 11.1. The molecule has 21 heavy (non-hydrogen) atoms. The van der Waals surface area contributed by atoms with Gasteiger partial charge < -0.3 is 15.2 Å². The first-order valence-electron chi connectivity index (χ1n) is 6.02. The van der Waals surface area contributed by atoms with Gasteiger partial charge in [0.05, 0.1) is 12.7 Å². The van der Waals surface area contributed by atoms with Crippen molar-refractivity contribution < 1.29 is 22.6 Å². The van der Waals surface area contributed by atoms with Gasteiger partial charge in [-0.1, -0.05) is 6.07 Å². The quantitative estimate of drug-likeness (QED) is 0.940. The summed E-state index contributed by atoms with van der Waals surface area (Å²) < 4.78 is 47.9. The maximum absolute atomic E-state index is 12.4. The molecule has 0 atom stereocenters. The van der Waals surface area contributed by atoms with Crippen molar-refractivity contribution >= 4 is 0 Å². The van der Waals surface area contributed by atoms with E-state index in [2.05, 4.69) is 4.98 Å². The van der Waals surface area contributed by atoms with Crippen LogP contribution in [0.15, 0.2) is 36.5 Å². The van der Waals surface area contributed by atoms with E-state index in [1.165, 1.54) is 7.11 Å². The molecule has 112 valence electrons. The Bertz CT molecular complexity index is 613. The van der Waals surface area contributed by atoms with E-state index in [4.69, 9.17) is 15.2 Å². The fourth-order valence-corrected chi connectivity index (χ4v) is 1.64. The van der Waals surface area contributed by atoms with Crippen molar-refractivity contribution in [2.75, 3.05) is 7.11 Å². The molecule has 1 aromatic carbocycles. The summed E-state index contributed by atoms with van der Waals surface area (Å²) in [7, 11) is 1.46. The van der Waals surface area contributed by atoms with Crippen LogP contribution in [0, 0.1) is 0 Å². The Kier molecular flexibility index (Phi) is 4.32. The number of hydrogen-bond acceptors (Lipinski definition) is 4. The molecule has 0 saturated heterocycles. The summed E-state index contributed by atoms with van der Waals surface area (Å²) in [6.07, 6.45) is -3.71. The molecule has 2 N–H and O–H groups in total. The topological polar surface area (TPSA) is 57.4 Å². The van der Waals surface area contributed by atoms with Crippen LogP contribution in [-0.2, 0) is 12.7 Å². The molecule has 0 spiro atoms. The van der Waals surface area contributed by atoms with Crippen molar-refractivity contribution in [2.45, 2.75) is 12.7 Å². The first-order chi connectivity index (χ1) is 9.94. The van der Waals surface area contributed by atoms with E-state index < -0.39 is 11.7 Å². The molecule has 2 aromatic rings. The van der Waals surface area contributed by atoms with Gasteiger partial charge in [-0.3, -0.25) is 0 Å². The predicted octanol–water partition coefficient (Wildman–Crippen LogP) is 3.36. The zero-order valence-electron chi connectivity index (χ0n) is 11.1. The number of benzene rings is 1. The Hall–Kier alpha value is -2.28. The normalized spacial score (nSPS) is 11.3. The molecule has 0 aliphatic heterocycles. The average molecular weight is 298 g/mol. The number of nitrogens with zero attached hydrogens (tertiary/aromatic N) is 1.